The molecule has 98 valence electrons. The van der Waals surface area contributed by atoms with Crippen LogP contribution >= 0.6 is 0 Å². The lowest BCUT2D eigenvalue weighted by atomic mass is 10.2. The van der Waals surface area contributed by atoms with Gasteiger partial charge >= 0.3 is 0 Å². The van der Waals surface area contributed by atoms with E-state index >= 15 is 0 Å². The van der Waals surface area contributed by atoms with Crippen LogP contribution in [0.15, 0.2) is 22.8 Å². The van der Waals surface area contributed by atoms with Crippen molar-refractivity contribution in [1.82, 2.24) is 9.80 Å². The standard InChI is InChI=1S/C14H20N2O2/c17-14(10-13-4-3-9-18-13)16-8-5-12(11-16)15-6-1-2-7-15/h3-4,9,12H,1-2,5-8,10-11H2. The molecule has 0 aromatic carbocycles. The molecule has 1 aromatic rings. The van der Waals surface area contributed by atoms with Gasteiger partial charge in [-0.25, -0.2) is 0 Å². The smallest absolute Gasteiger partial charge is 0.230 e. The van der Waals surface area contributed by atoms with E-state index in [-0.39, 0.29) is 5.91 Å². The maximum Gasteiger partial charge on any atom is 0.230 e. The summed E-state index contributed by atoms with van der Waals surface area (Å²) in [6, 6.07) is 4.29. The van der Waals surface area contributed by atoms with Gasteiger partial charge in [0.1, 0.15) is 5.76 Å². The Kier molecular flexibility index (Phi) is 3.37. The van der Waals surface area contributed by atoms with Gasteiger partial charge in [-0.3, -0.25) is 9.69 Å². The number of hydrogen-bond acceptors (Lipinski definition) is 3. The Morgan fingerprint density at radius 2 is 2.17 bits per heavy atom. The molecule has 0 bridgehead atoms. The normalized spacial score (nSPS) is 24.9. The first-order chi connectivity index (χ1) is 8.83. The third-order valence-electron chi connectivity index (χ3n) is 4.08. The number of furan rings is 1. The largest absolute Gasteiger partial charge is 0.469 e. The van der Waals surface area contributed by atoms with E-state index in [1.165, 1.54) is 25.9 Å². The van der Waals surface area contributed by atoms with Crippen LogP contribution in [0, 0.1) is 0 Å². The predicted octanol–water partition coefficient (Wildman–Crippen LogP) is 1.52. The minimum atomic E-state index is 0.201. The van der Waals surface area contributed by atoms with Gasteiger partial charge in [-0.05, 0) is 44.5 Å². The number of likely N-dealkylation sites (tertiary alicyclic amines) is 2. The first-order valence-corrected chi connectivity index (χ1v) is 6.87. The Labute approximate surface area is 108 Å². The summed E-state index contributed by atoms with van der Waals surface area (Å²) in [6.07, 6.45) is 5.79. The molecule has 1 atom stereocenters. The van der Waals surface area contributed by atoms with Crippen LogP contribution in [0.25, 0.3) is 0 Å². The summed E-state index contributed by atoms with van der Waals surface area (Å²) in [5, 5.41) is 0. The zero-order valence-corrected chi connectivity index (χ0v) is 10.7. The van der Waals surface area contributed by atoms with Crippen molar-refractivity contribution in [3.8, 4) is 0 Å². The summed E-state index contributed by atoms with van der Waals surface area (Å²) in [7, 11) is 0. The fourth-order valence-corrected chi connectivity index (χ4v) is 3.05. The van der Waals surface area contributed by atoms with Crippen molar-refractivity contribution in [3.05, 3.63) is 24.2 Å². The Bertz CT molecular complexity index is 396. The summed E-state index contributed by atoms with van der Waals surface area (Å²) < 4.78 is 5.23. The molecule has 2 aliphatic rings. The summed E-state index contributed by atoms with van der Waals surface area (Å²) in [5.74, 6) is 0.969. The maximum atomic E-state index is 12.1. The predicted molar refractivity (Wildman–Crippen MR) is 68.2 cm³/mol. The molecule has 18 heavy (non-hydrogen) atoms. The van der Waals surface area contributed by atoms with Crippen molar-refractivity contribution >= 4 is 5.91 Å². The van der Waals surface area contributed by atoms with Crippen LogP contribution < -0.4 is 0 Å². The first-order valence-electron chi connectivity index (χ1n) is 6.87. The molecule has 3 heterocycles. The Morgan fingerprint density at radius 1 is 1.33 bits per heavy atom. The van der Waals surface area contributed by atoms with Gasteiger partial charge in [-0.15, -0.1) is 0 Å². The van der Waals surface area contributed by atoms with Gasteiger partial charge in [0.25, 0.3) is 0 Å². The molecule has 0 spiro atoms. The van der Waals surface area contributed by atoms with Crippen molar-refractivity contribution in [1.29, 1.82) is 0 Å². The van der Waals surface area contributed by atoms with Gasteiger partial charge in [-0.2, -0.15) is 0 Å². The molecule has 3 rings (SSSR count). The van der Waals surface area contributed by atoms with Crippen LogP contribution in [-0.2, 0) is 11.2 Å². The molecule has 4 heteroatoms. The second-order valence-corrected chi connectivity index (χ2v) is 5.28. The zero-order chi connectivity index (χ0) is 12.4. The van der Waals surface area contributed by atoms with Crippen molar-refractivity contribution in [2.24, 2.45) is 0 Å². The lowest BCUT2D eigenvalue weighted by Gasteiger charge is -2.23. The van der Waals surface area contributed by atoms with E-state index in [4.69, 9.17) is 4.42 Å². The highest BCUT2D eigenvalue weighted by Gasteiger charge is 2.31. The molecule has 2 fully saturated rings. The molecule has 0 saturated carbocycles. The number of carbonyl (C=O) groups excluding carboxylic acids is 1. The number of amides is 1. The van der Waals surface area contributed by atoms with Crippen molar-refractivity contribution < 1.29 is 9.21 Å². The van der Waals surface area contributed by atoms with Crippen molar-refractivity contribution in [2.45, 2.75) is 31.7 Å². The van der Waals surface area contributed by atoms with Gasteiger partial charge < -0.3 is 9.32 Å². The van der Waals surface area contributed by atoms with E-state index in [2.05, 4.69) is 4.90 Å². The highest BCUT2D eigenvalue weighted by atomic mass is 16.3. The summed E-state index contributed by atoms with van der Waals surface area (Å²) in [4.78, 5) is 16.7. The van der Waals surface area contributed by atoms with Crippen LogP contribution in [-0.4, -0.2) is 47.9 Å². The summed E-state index contributed by atoms with van der Waals surface area (Å²) in [6.45, 7) is 4.23. The second kappa shape index (κ2) is 5.14. The van der Waals surface area contributed by atoms with Gasteiger partial charge in [-0.1, -0.05) is 0 Å². The highest BCUT2D eigenvalue weighted by molar-refractivity contribution is 5.78. The monoisotopic (exact) mass is 248 g/mol. The lowest BCUT2D eigenvalue weighted by molar-refractivity contribution is -0.129. The van der Waals surface area contributed by atoms with Gasteiger partial charge in [0.15, 0.2) is 0 Å². The first kappa shape index (κ1) is 11.8. The molecule has 4 nitrogen and oxygen atoms in total. The second-order valence-electron chi connectivity index (χ2n) is 5.28. The molecule has 0 radical (unpaired) electrons. The van der Waals surface area contributed by atoms with Crippen molar-refractivity contribution in [2.75, 3.05) is 26.2 Å². The van der Waals surface area contributed by atoms with Crippen LogP contribution in [0.2, 0.25) is 0 Å². The minimum Gasteiger partial charge on any atom is -0.469 e. The third kappa shape index (κ3) is 2.43. The Balaban J connectivity index is 1.53. The molecule has 2 aliphatic heterocycles. The average Bonchev–Trinajstić information content (AvgIpc) is 3.11. The molecule has 2 saturated heterocycles. The van der Waals surface area contributed by atoms with E-state index in [1.54, 1.807) is 6.26 Å². The van der Waals surface area contributed by atoms with Crippen molar-refractivity contribution in [3.63, 3.8) is 0 Å². The topological polar surface area (TPSA) is 36.7 Å². The lowest BCUT2D eigenvalue weighted by Crippen LogP contribution is -2.37. The fourth-order valence-electron chi connectivity index (χ4n) is 3.05. The Hall–Kier alpha value is -1.29. The maximum absolute atomic E-state index is 12.1. The number of hydrogen-bond donors (Lipinski definition) is 0. The third-order valence-corrected chi connectivity index (χ3v) is 4.08. The number of carbonyl (C=O) groups is 1. The Morgan fingerprint density at radius 3 is 2.89 bits per heavy atom. The van der Waals surface area contributed by atoms with Crippen LogP contribution in [0.1, 0.15) is 25.0 Å². The van der Waals surface area contributed by atoms with Gasteiger partial charge in [0, 0.05) is 19.1 Å². The van der Waals surface area contributed by atoms with Gasteiger partial charge in [0.2, 0.25) is 5.91 Å². The van der Waals surface area contributed by atoms with E-state index in [1.807, 2.05) is 17.0 Å². The minimum absolute atomic E-state index is 0.201. The van der Waals surface area contributed by atoms with E-state index in [9.17, 15) is 4.79 Å². The number of nitrogens with zero attached hydrogens (tertiary/aromatic N) is 2. The molecule has 1 unspecified atom stereocenters. The quantitative estimate of drug-likeness (QED) is 0.813. The fraction of sp³-hybridized carbons (Fsp3) is 0.643. The van der Waals surface area contributed by atoms with E-state index in [0.717, 1.165) is 25.3 Å². The summed E-state index contributed by atoms with van der Waals surface area (Å²) >= 11 is 0. The molecule has 1 amide bonds. The summed E-state index contributed by atoms with van der Waals surface area (Å²) in [5.41, 5.74) is 0. The molecular formula is C14H20N2O2. The van der Waals surface area contributed by atoms with E-state index < -0.39 is 0 Å². The SMILES string of the molecule is O=C(Cc1ccco1)N1CCC(N2CCCC2)C1. The van der Waals surface area contributed by atoms with Crippen LogP contribution in [0.4, 0.5) is 0 Å². The average molecular weight is 248 g/mol. The van der Waals surface area contributed by atoms with Crippen LogP contribution in [0.3, 0.4) is 0 Å². The van der Waals surface area contributed by atoms with Crippen LogP contribution in [0.5, 0.6) is 0 Å². The van der Waals surface area contributed by atoms with E-state index in [0.29, 0.717) is 12.5 Å². The number of rotatable bonds is 3. The molecule has 1 aromatic heterocycles. The highest BCUT2D eigenvalue weighted by Crippen LogP contribution is 2.21. The molecule has 0 N–H and O–H groups in total. The molecular weight excluding hydrogens is 228 g/mol. The molecule has 0 aliphatic carbocycles. The van der Waals surface area contributed by atoms with Gasteiger partial charge in [0.05, 0.1) is 12.7 Å². The zero-order valence-electron chi connectivity index (χ0n) is 10.7.